The van der Waals surface area contributed by atoms with Crippen LogP contribution < -0.4 is 5.73 Å². The molecule has 20 heavy (non-hydrogen) atoms. The summed E-state index contributed by atoms with van der Waals surface area (Å²) >= 11 is 11.5. The Morgan fingerprint density at radius 1 is 1.20 bits per heavy atom. The van der Waals surface area contributed by atoms with E-state index >= 15 is 0 Å². The van der Waals surface area contributed by atoms with Gasteiger partial charge in [-0.25, -0.2) is 0 Å². The van der Waals surface area contributed by atoms with Crippen LogP contribution in [0, 0.1) is 0 Å². The Balaban J connectivity index is 2.11. The lowest BCUT2D eigenvalue weighted by Crippen LogP contribution is -2.21. The predicted octanol–water partition coefficient (Wildman–Crippen LogP) is 5.53. The number of benzene rings is 2. The van der Waals surface area contributed by atoms with Crippen molar-refractivity contribution in [3.05, 3.63) is 57.5 Å². The highest BCUT2D eigenvalue weighted by Gasteiger charge is 2.07. The van der Waals surface area contributed by atoms with Crippen molar-refractivity contribution >= 4 is 39.3 Å². The summed E-state index contributed by atoms with van der Waals surface area (Å²) in [6.45, 7) is 2.10. The molecule has 2 aromatic rings. The Morgan fingerprint density at radius 3 is 2.50 bits per heavy atom. The lowest BCUT2D eigenvalue weighted by atomic mass is 10.1. The van der Waals surface area contributed by atoms with E-state index in [9.17, 15) is 0 Å². The number of hydrogen-bond donors (Lipinski definition) is 1. The average molecular weight is 371 g/mol. The maximum absolute atomic E-state index is 6.37. The van der Waals surface area contributed by atoms with Crippen LogP contribution in [0.1, 0.15) is 18.9 Å². The molecule has 0 bridgehead atoms. The topological polar surface area (TPSA) is 26.0 Å². The third-order valence-electron chi connectivity index (χ3n) is 3.06. The summed E-state index contributed by atoms with van der Waals surface area (Å²) in [5.74, 6) is 0. The van der Waals surface area contributed by atoms with Crippen LogP contribution in [0.2, 0.25) is 5.02 Å². The molecule has 0 radical (unpaired) electrons. The predicted molar refractivity (Wildman–Crippen MR) is 91.7 cm³/mol. The number of halogens is 2. The van der Waals surface area contributed by atoms with Crippen molar-refractivity contribution in [2.24, 2.45) is 5.73 Å². The minimum Gasteiger partial charge on any atom is -0.327 e. The molecule has 4 heteroatoms. The van der Waals surface area contributed by atoms with Gasteiger partial charge in [-0.15, -0.1) is 0 Å². The quantitative estimate of drug-likeness (QED) is 0.748. The lowest BCUT2D eigenvalue weighted by molar-refractivity contribution is 0.646. The second-order valence-electron chi connectivity index (χ2n) is 4.69. The van der Waals surface area contributed by atoms with Gasteiger partial charge in [0.15, 0.2) is 0 Å². The van der Waals surface area contributed by atoms with Gasteiger partial charge in [-0.1, -0.05) is 52.3 Å². The first-order valence-corrected chi connectivity index (χ1v) is 8.54. The molecule has 0 aliphatic carbocycles. The summed E-state index contributed by atoms with van der Waals surface area (Å²) in [4.78, 5) is 2.25. The van der Waals surface area contributed by atoms with Gasteiger partial charge in [-0.2, -0.15) is 0 Å². The number of hydrogen-bond acceptors (Lipinski definition) is 2. The summed E-state index contributed by atoms with van der Waals surface area (Å²) in [6.07, 6.45) is 1.85. The van der Waals surface area contributed by atoms with Gasteiger partial charge in [0.05, 0.1) is 5.02 Å². The number of rotatable bonds is 5. The molecule has 2 rings (SSSR count). The van der Waals surface area contributed by atoms with Crippen molar-refractivity contribution in [1.82, 2.24) is 0 Å². The summed E-state index contributed by atoms with van der Waals surface area (Å²) in [7, 11) is 0. The molecule has 0 saturated heterocycles. The third kappa shape index (κ3) is 4.52. The van der Waals surface area contributed by atoms with Gasteiger partial charge in [-0.05, 0) is 54.8 Å². The van der Waals surface area contributed by atoms with Gasteiger partial charge in [0.1, 0.15) is 0 Å². The zero-order chi connectivity index (χ0) is 14.5. The van der Waals surface area contributed by atoms with E-state index in [2.05, 4.69) is 47.1 Å². The Bertz CT molecular complexity index is 571. The second kappa shape index (κ2) is 7.51. The Hall–Kier alpha value is -0.480. The molecule has 0 fully saturated rings. The smallest absolute Gasteiger partial charge is 0.0548 e. The minimum atomic E-state index is 0.205. The van der Waals surface area contributed by atoms with Gasteiger partial charge in [0, 0.05) is 20.3 Å². The highest BCUT2D eigenvalue weighted by molar-refractivity contribution is 9.10. The second-order valence-corrected chi connectivity index (χ2v) is 7.13. The van der Waals surface area contributed by atoms with Crippen LogP contribution >= 0.6 is 39.3 Å². The molecule has 0 aromatic heterocycles. The standard InChI is InChI=1S/C16H17BrClNS/c1-2-13(19)9-11-3-8-16(15(18)10-11)20-14-6-4-12(17)5-7-14/h3-8,10,13H,2,9,19H2,1H3. The Morgan fingerprint density at radius 2 is 1.90 bits per heavy atom. The molecular formula is C16H17BrClNS. The fraction of sp³-hybridized carbons (Fsp3) is 0.250. The van der Waals surface area contributed by atoms with E-state index in [4.69, 9.17) is 17.3 Å². The van der Waals surface area contributed by atoms with Crippen molar-refractivity contribution in [2.75, 3.05) is 0 Å². The fourth-order valence-electron chi connectivity index (χ4n) is 1.83. The third-order valence-corrected chi connectivity index (χ3v) is 5.10. The van der Waals surface area contributed by atoms with Gasteiger partial charge in [0.25, 0.3) is 0 Å². The summed E-state index contributed by atoms with van der Waals surface area (Å²) < 4.78 is 1.08. The first kappa shape index (κ1) is 15.9. The van der Waals surface area contributed by atoms with Crippen molar-refractivity contribution in [3.63, 3.8) is 0 Å². The summed E-state index contributed by atoms with van der Waals surface area (Å²) in [5.41, 5.74) is 7.18. The summed E-state index contributed by atoms with van der Waals surface area (Å²) in [6, 6.07) is 14.6. The van der Waals surface area contributed by atoms with Crippen LogP contribution in [0.25, 0.3) is 0 Å². The first-order chi connectivity index (χ1) is 9.58. The van der Waals surface area contributed by atoms with Crippen molar-refractivity contribution in [3.8, 4) is 0 Å². The van der Waals surface area contributed by atoms with Crippen LogP contribution in [0.4, 0.5) is 0 Å². The van der Waals surface area contributed by atoms with E-state index in [1.54, 1.807) is 11.8 Å². The Labute approximate surface area is 138 Å². The van der Waals surface area contributed by atoms with Gasteiger partial charge >= 0.3 is 0 Å². The molecule has 2 aromatic carbocycles. The fourth-order valence-corrected chi connectivity index (χ4v) is 3.23. The highest BCUT2D eigenvalue weighted by atomic mass is 79.9. The maximum atomic E-state index is 6.37. The molecule has 0 amide bonds. The van der Waals surface area contributed by atoms with Crippen LogP contribution in [-0.4, -0.2) is 6.04 Å². The molecule has 1 nitrogen and oxygen atoms in total. The number of nitrogens with two attached hydrogens (primary N) is 1. The van der Waals surface area contributed by atoms with Crippen LogP contribution in [0.3, 0.4) is 0 Å². The molecular weight excluding hydrogens is 354 g/mol. The molecule has 0 aliphatic rings. The van der Waals surface area contributed by atoms with Crippen molar-refractivity contribution in [2.45, 2.75) is 35.6 Å². The largest absolute Gasteiger partial charge is 0.327 e. The molecule has 0 saturated carbocycles. The van der Waals surface area contributed by atoms with Gasteiger partial charge < -0.3 is 5.73 Å². The molecule has 0 spiro atoms. The Kier molecular flexibility index (Phi) is 5.97. The molecule has 106 valence electrons. The van der Waals surface area contributed by atoms with Crippen LogP contribution in [0.5, 0.6) is 0 Å². The maximum Gasteiger partial charge on any atom is 0.0548 e. The normalized spacial score (nSPS) is 12.4. The highest BCUT2D eigenvalue weighted by Crippen LogP contribution is 2.34. The molecule has 1 unspecified atom stereocenters. The average Bonchev–Trinajstić information content (AvgIpc) is 2.44. The van der Waals surface area contributed by atoms with E-state index in [0.717, 1.165) is 27.2 Å². The van der Waals surface area contributed by atoms with E-state index < -0.39 is 0 Å². The minimum absolute atomic E-state index is 0.205. The zero-order valence-electron chi connectivity index (χ0n) is 11.3. The molecule has 0 aliphatic heterocycles. The lowest BCUT2D eigenvalue weighted by Gasteiger charge is -2.11. The SMILES string of the molecule is CCC(N)Cc1ccc(Sc2ccc(Br)cc2)c(Cl)c1. The van der Waals surface area contributed by atoms with E-state index in [1.165, 1.54) is 10.5 Å². The van der Waals surface area contributed by atoms with E-state index in [0.29, 0.717) is 0 Å². The zero-order valence-corrected chi connectivity index (χ0v) is 14.4. The molecule has 0 heterocycles. The van der Waals surface area contributed by atoms with Gasteiger partial charge in [-0.3, -0.25) is 0 Å². The van der Waals surface area contributed by atoms with E-state index in [1.807, 2.05) is 18.2 Å². The summed E-state index contributed by atoms with van der Waals surface area (Å²) in [5, 5.41) is 0.790. The first-order valence-electron chi connectivity index (χ1n) is 6.56. The van der Waals surface area contributed by atoms with E-state index in [-0.39, 0.29) is 6.04 Å². The van der Waals surface area contributed by atoms with Crippen LogP contribution in [-0.2, 0) is 6.42 Å². The van der Waals surface area contributed by atoms with Gasteiger partial charge in [0.2, 0.25) is 0 Å². The monoisotopic (exact) mass is 369 g/mol. The van der Waals surface area contributed by atoms with Crippen LogP contribution in [0.15, 0.2) is 56.7 Å². The van der Waals surface area contributed by atoms with Crippen molar-refractivity contribution in [1.29, 1.82) is 0 Å². The molecule has 2 N–H and O–H groups in total. The van der Waals surface area contributed by atoms with Crippen molar-refractivity contribution < 1.29 is 0 Å². The molecule has 1 atom stereocenters.